The highest BCUT2D eigenvalue weighted by Gasteiger charge is 2.40. The third-order valence-corrected chi connectivity index (χ3v) is 3.73. The van der Waals surface area contributed by atoms with Gasteiger partial charge in [-0.15, -0.1) is 11.3 Å². The fraction of sp³-hybridized carbons (Fsp3) is 0.294. The normalized spacial score (nSPS) is 19.9. The van der Waals surface area contributed by atoms with Gasteiger partial charge in [-0.1, -0.05) is 24.1 Å². The van der Waals surface area contributed by atoms with Crippen LogP contribution in [0.5, 0.6) is 5.75 Å². The predicted molar refractivity (Wildman–Crippen MR) is 81.6 cm³/mol. The largest absolute Gasteiger partial charge is 0.497 e. The number of ether oxygens (including phenoxy) is 2. The fourth-order valence-corrected chi connectivity index (χ4v) is 2.46. The van der Waals surface area contributed by atoms with Gasteiger partial charge in [0.15, 0.2) is 5.54 Å². The van der Waals surface area contributed by atoms with Gasteiger partial charge in [0.05, 0.1) is 14.2 Å². The number of terminal acetylenes is 1. The number of allylic oxidation sites excluding steroid dienone is 2. The van der Waals surface area contributed by atoms with E-state index in [-0.39, 0.29) is 5.92 Å². The summed E-state index contributed by atoms with van der Waals surface area (Å²) in [6, 6.07) is 7.11. The zero-order valence-corrected chi connectivity index (χ0v) is 12.1. The molecule has 2 unspecified atom stereocenters. The summed E-state index contributed by atoms with van der Waals surface area (Å²) < 4.78 is 10.3. The monoisotopic (exact) mass is 283 g/mol. The van der Waals surface area contributed by atoms with Crippen molar-refractivity contribution in [2.75, 3.05) is 14.2 Å². The first kappa shape index (κ1) is 14.9. The minimum Gasteiger partial charge on any atom is -0.497 e. The van der Waals surface area contributed by atoms with Crippen molar-refractivity contribution in [2.45, 2.75) is 12.0 Å². The lowest BCUT2D eigenvalue weighted by molar-refractivity contribution is 0.297. The van der Waals surface area contributed by atoms with Crippen LogP contribution in [0, 0.1) is 23.2 Å². The van der Waals surface area contributed by atoms with Crippen LogP contribution in [0.1, 0.15) is 12.0 Å². The third-order valence-electron chi connectivity index (χ3n) is 3.73. The molecule has 0 N–H and O–H groups in total. The Morgan fingerprint density at radius 3 is 2.43 bits per heavy atom. The van der Waals surface area contributed by atoms with E-state index in [0.29, 0.717) is 17.7 Å². The Hall–Kier alpha value is -2.54. The molecular weight excluding hydrogens is 266 g/mol. The standard InChI is InChI=1S/C17H17NO3/c1-4-17(18-19,13-5-9-15(20-2)10-6-13)14-7-11-16(21-3)12-8-14/h1,5-7,9-12,14H,8H2,2-3H3. The number of nitroso groups, excluding NO2 is 1. The van der Waals surface area contributed by atoms with Gasteiger partial charge in [-0.25, -0.2) is 0 Å². The third kappa shape index (κ3) is 2.68. The molecule has 1 aliphatic carbocycles. The molecule has 0 spiro atoms. The van der Waals surface area contributed by atoms with Crippen molar-refractivity contribution in [3.05, 3.63) is 58.7 Å². The molecule has 2 atom stereocenters. The van der Waals surface area contributed by atoms with Crippen LogP contribution in [0.4, 0.5) is 0 Å². The number of nitrogens with zero attached hydrogens (tertiary/aromatic N) is 1. The van der Waals surface area contributed by atoms with E-state index < -0.39 is 5.54 Å². The summed E-state index contributed by atoms with van der Waals surface area (Å²) in [5.74, 6) is 3.85. The molecule has 1 aromatic carbocycles. The average Bonchev–Trinajstić information content (AvgIpc) is 2.57. The van der Waals surface area contributed by atoms with E-state index in [1.54, 1.807) is 38.5 Å². The quantitative estimate of drug-likeness (QED) is 0.614. The summed E-state index contributed by atoms with van der Waals surface area (Å²) >= 11 is 0. The van der Waals surface area contributed by atoms with Gasteiger partial charge in [0.25, 0.3) is 0 Å². The number of hydrogen-bond donors (Lipinski definition) is 0. The van der Waals surface area contributed by atoms with Gasteiger partial charge in [-0.05, 0) is 41.4 Å². The Labute approximate surface area is 124 Å². The Kier molecular flexibility index (Phi) is 4.44. The second-order valence-corrected chi connectivity index (χ2v) is 4.74. The van der Waals surface area contributed by atoms with E-state index in [0.717, 1.165) is 5.76 Å². The van der Waals surface area contributed by atoms with Gasteiger partial charge >= 0.3 is 0 Å². The molecule has 0 aromatic heterocycles. The minimum absolute atomic E-state index is 0.202. The highest BCUT2D eigenvalue weighted by atomic mass is 16.5. The highest BCUT2D eigenvalue weighted by molar-refractivity contribution is 5.41. The van der Waals surface area contributed by atoms with Gasteiger partial charge in [-0.2, -0.15) is 0 Å². The Balaban J connectivity index is 2.37. The first-order valence-electron chi connectivity index (χ1n) is 6.59. The topological polar surface area (TPSA) is 47.9 Å². The summed E-state index contributed by atoms with van der Waals surface area (Å²) in [6.07, 6.45) is 11.9. The number of hydrogen-bond acceptors (Lipinski definition) is 4. The zero-order chi connectivity index (χ0) is 15.3. The molecule has 21 heavy (non-hydrogen) atoms. The maximum atomic E-state index is 11.6. The van der Waals surface area contributed by atoms with Crippen LogP contribution in [0.3, 0.4) is 0 Å². The molecule has 0 saturated heterocycles. The molecule has 0 heterocycles. The van der Waals surface area contributed by atoms with Gasteiger partial charge in [-0.3, -0.25) is 0 Å². The summed E-state index contributed by atoms with van der Waals surface area (Å²) in [5, 5.41) is 3.29. The zero-order valence-electron chi connectivity index (χ0n) is 12.1. The van der Waals surface area contributed by atoms with Crippen LogP contribution in [0.2, 0.25) is 0 Å². The van der Waals surface area contributed by atoms with Crippen LogP contribution < -0.4 is 4.74 Å². The predicted octanol–water partition coefficient (Wildman–Crippen LogP) is 3.40. The molecule has 0 aliphatic heterocycles. The SMILES string of the molecule is C#CC(N=O)(c1ccc(OC)cc1)C1C=CC(OC)=CC1. The summed E-state index contributed by atoms with van der Waals surface area (Å²) in [7, 11) is 3.19. The van der Waals surface area contributed by atoms with E-state index in [9.17, 15) is 4.91 Å². The molecule has 2 rings (SSSR count). The van der Waals surface area contributed by atoms with E-state index in [2.05, 4.69) is 11.1 Å². The molecule has 0 amide bonds. The molecule has 0 radical (unpaired) electrons. The molecular formula is C17H17NO3. The Morgan fingerprint density at radius 2 is 2.00 bits per heavy atom. The van der Waals surface area contributed by atoms with Crippen LogP contribution in [0.25, 0.3) is 0 Å². The first-order chi connectivity index (χ1) is 10.2. The van der Waals surface area contributed by atoms with Crippen LogP contribution >= 0.6 is 0 Å². The lowest BCUT2D eigenvalue weighted by Gasteiger charge is -2.29. The second-order valence-electron chi connectivity index (χ2n) is 4.74. The fourth-order valence-electron chi connectivity index (χ4n) is 2.46. The molecule has 1 aliphatic rings. The summed E-state index contributed by atoms with van der Waals surface area (Å²) in [6.45, 7) is 0. The van der Waals surface area contributed by atoms with Gasteiger partial charge < -0.3 is 9.47 Å². The van der Waals surface area contributed by atoms with Gasteiger partial charge in [0.2, 0.25) is 0 Å². The van der Waals surface area contributed by atoms with Crippen molar-refractivity contribution in [3.63, 3.8) is 0 Å². The number of benzene rings is 1. The second kappa shape index (κ2) is 6.27. The van der Waals surface area contributed by atoms with E-state index in [1.807, 2.05) is 18.2 Å². The maximum absolute atomic E-state index is 11.6. The number of methoxy groups -OCH3 is 2. The molecule has 0 fully saturated rings. The Morgan fingerprint density at radius 1 is 1.29 bits per heavy atom. The number of rotatable bonds is 5. The van der Waals surface area contributed by atoms with Crippen LogP contribution in [-0.4, -0.2) is 14.2 Å². The lowest BCUT2D eigenvalue weighted by atomic mass is 9.76. The van der Waals surface area contributed by atoms with E-state index in [1.165, 1.54) is 0 Å². The highest BCUT2D eigenvalue weighted by Crippen LogP contribution is 2.39. The summed E-state index contributed by atoms with van der Waals surface area (Å²) in [4.78, 5) is 11.6. The molecule has 4 heteroatoms. The van der Waals surface area contributed by atoms with Gasteiger partial charge in [0.1, 0.15) is 11.5 Å². The van der Waals surface area contributed by atoms with Crippen molar-refractivity contribution in [2.24, 2.45) is 11.1 Å². The van der Waals surface area contributed by atoms with Crippen LogP contribution in [0.15, 0.2) is 53.4 Å². The van der Waals surface area contributed by atoms with Crippen LogP contribution in [-0.2, 0) is 10.3 Å². The Bertz CT molecular complexity index is 610. The molecule has 4 nitrogen and oxygen atoms in total. The van der Waals surface area contributed by atoms with Crippen molar-refractivity contribution >= 4 is 0 Å². The van der Waals surface area contributed by atoms with Crippen molar-refractivity contribution in [1.82, 2.24) is 0 Å². The minimum atomic E-state index is -1.22. The van der Waals surface area contributed by atoms with Gasteiger partial charge in [0, 0.05) is 5.92 Å². The van der Waals surface area contributed by atoms with Crippen molar-refractivity contribution in [1.29, 1.82) is 0 Å². The van der Waals surface area contributed by atoms with Crippen molar-refractivity contribution < 1.29 is 9.47 Å². The molecule has 108 valence electrons. The molecule has 0 bridgehead atoms. The summed E-state index contributed by atoms with van der Waals surface area (Å²) in [5.41, 5.74) is -0.539. The maximum Gasteiger partial charge on any atom is 0.193 e. The first-order valence-corrected chi connectivity index (χ1v) is 6.59. The smallest absolute Gasteiger partial charge is 0.193 e. The molecule has 1 aromatic rings. The van der Waals surface area contributed by atoms with E-state index >= 15 is 0 Å². The van der Waals surface area contributed by atoms with Crippen molar-refractivity contribution in [3.8, 4) is 18.1 Å². The van der Waals surface area contributed by atoms with E-state index in [4.69, 9.17) is 15.9 Å². The lowest BCUT2D eigenvalue weighted by Crippen LogP contribution is -2.31. The average molecular weight is 283 g/mol. The molecule has 0 saturated carbocycles.